The van der Waals surface area contributed by atoms with Gasteiger partial charge in [0.2, 0.25) is 0 Å². The van der Waals surface area contributed by atoms with Crippen LogP contribution >= 0.6 is 22.9 Å². The number of benzene rings is 2. The van der Waals surface area contributed by atoms with Crippen molar-refractivity contribution in [3.05, 3.63) is 53.1 Å². The first kappa shape index (κ1) is 19.6. The highest BCUT2D eigenvalue weighted by Crippen LogP contribution is 2.34. The molecule has 0 radical (unpaired) electrons. The zero-order valence-electron chi connectivity index (χ0n) is 15.6. The monoisotopic (exact) mass is 403 g/mol. The lowest BCUT2D eigenvalue weighted by Gasteiger charge is -2.22. The van der Waals surface area contributed by atoms with Crippen molar-refractivity contribution in [1.82, 2.24) is 9.88 Å². The number of carbonyl (C=O) groups is 1. The molecule has 0 N–H and O–H groups in total. The highest BCUT2D eigenvalue weighted by molar-refractivity contribution is 7.22. The maximum Gasteiger partial charge on any atom is 0.263 e. The number of hydrogen-bond donors (Lipinski definition) is 0. The molecule has 0 saturated carbocycles. The van der Waals surface area contributed by atoms with E-state index in [4.69, 9.17) is 16.3 Å². The van der Waals surface area contributed by atoms with Crippen molar-refractivity contribution in [2.45, 2.75) is 6.42 Å². The van der Waals surface area contributed by atoms with Crippen LogP contribution in [-0.2, 0) is 0 Å². The third-order valence-electron chi connectivity index (χ3n) is 4.16. The molecule has 0 spiro atoms. The molecule has 2 aromatic carbocycles. The molecule has 7 heteroatoms. The summed E-state index contributed by atoms with van der Waals surface area (Å²) in [6.07, 6.45) is 0.831. The highest BCUT2D eigenvalue weighted by Gasteiger charge is 2.24. The summed E-state index contributed by atoms with van der Waals surface area (Å²) in [7, 11) is 5.60. The van der Waals surface area contributed by atoms with Crippen LogP contribution in [0.4, 0.5) is 5.13 Å². The van der Waals surface area contributed by atoms with Crippen LogP contribution in [0.15, 0.2) is 42.5 Å². The average Bonchev–Trinajstić information content (AvgIpc) is 3.10. The van der Waals surface area contributed by atoms with Crippen LogP contribution in [0.3, 0.4) is 0 Å². The maximum absolute atomic E-state index is 13.3. The minimum Gasteiger partial charge on any atom is -0.496 e. The molecule has 0 bridgehead atoms. The van der Waals surface area contributed by atoms with Crippen LogP contribution in [0.2, 0.25) is 5.02 Å². The van der Waals surface area contributed by atoms with Gasteiger partial charge < -0.3 is 9.64 Å². The minimum absolute atomic E-state index is 0.124. The van der Waals surface area contributed by atoms with E-state index in [1.165, 1.54) is 11.3 Å². The number of carbonyl (C=O) groups excluding carboxylic acids is 1. The van der Waals surface area contributed by atoms with Crippen LogP contribution in [0, 0.1) is 0 Å². The van der Waals surface area contributed by atoms with Gasteiger partial charge in [-0.25, -0.2) is 4.98 Å². The normalized spacial score (nSPS) is 11.1. The second kappa shape index (κ2) is 8.69. The predicted molar refractivity (Wildman–Crippen MR) is 112 cm³/mol. The zero-order valence-corrected chi connectivity index (χ0v) is 17.2. The summed E-state index contributed by atoms with van der Waals surface area (Å²) in [5.41, 5.74) is 1.25. The molecule has 0 saturated heterocycles. The van der Waals surface area contributed by atoms with Crippen molar-refractivity contribution in [3.8, 4) is 5.75 Å². The molecule has 5 nitrogen and oxygen atoms in total. The van der Waals surface area contributed by atoms with E-state index in [2.05, 4.69) is 9.88 Å². The number of ether oxygens (including phenoxy) is 1. The molecule has 142 valence electrons. The number of methoxy groups -OCH3 is 1. The smallest absolute Gasteiger partial charge is 0.263 e. The second-order valence-electron chi connectivity index (χ2n) is 6.40. The summed E-state index contributed by atoms with van der Waals surface area (Å²) in [6.45, 7) is 1.44. The Morgan fingerprint density at radius 2 is 1.93 bits per heavy atom. The van der Waals surface area contributed by atoms with Gasteiger partial charge in [-0.1, -0.05) is 41.1 Å². The Kier molecular flexibility index (Phi) is 6.31. The van der Waals surface area contributed by atoms with E-state index in [0.717, 1.165) is 23.2 Å². The number of fused-ring (bicyclic) bond motifs is 1. The number of anilines is 1. The number of thiazole rings is 1. The SMILES string of the molecule is COc1ccccc1C(=O)N(CCCN(C)C)c1nc2c(Cl)cccc2s1. The first-order chi connectivity index (χ1) is 13.0. The lowest BCUT2D eigenvalue weighted by atomic mass is 10.1. The molecule has 0 atom stereocenters. The van der Waals surface area contributed by atoms with Crippen molar-refractivity contribution in [2.24, 2.45) is 0 Å². The van der Waals surface area contributed by atoms with E-state index in [0.29, 0.717) is 28.0 Å². The quantitative estimate of drug-likeness (QED) is 0.580. The Balaban J connectivity index is 1.99. The van der Waals surface area contributed by atoms with Crippen LogP contribution in [-0.4, -0.2) is 50.1 Å². The van der Waals surface area contributed by atoms with E-state index >= 15 is 0 Å². The minimum atomic E-state index is -0.124. The molecule has 0 fully saturated rings. The van der Waals surface area contributed by atoms with Gasteiger partial charge in [-0.3, -0.25) is 9.69 Å². The molecule has 1 amide bonds. The van der Waals surface area contributed by atoms with Crippen LogP contribution < -0.4 is 9.64 Å². The summed E-state index contributed by atoms with van der Waals surface area (Å²) in [4.78, 5) is 21.8. The van der Waals surface area contributed by atoms with Gasteiger partial charge >= 0.3 is 0 Å². The standard InChI is InChI=1S/C20H22ClN3O2S/c1-23(2)12-7-13-24(19(25)14-8-4-5-10-16(14)26-3)20-22-18-15(21)9-6-11-17(18)27-20/h4-6,8-11H,7,12-13H2,1-3H3. The molecule has 0 aliphatic rings. The van der Waals surface area contributed by atoms with Gasteiger partial charge in [-0.2, -0.15) is 0 Å². The van der Waals surface area contributed by atoms with Crippen LogP contribution in [0.5, 0.6) is 5.75 Å². The molecule has 1 heterocycles. The summed E-state index contributed by atoms with van der Waals surface area (Å²) in [5.74, 6) is 0.431. The fourth-order valence-electron chi connectivity index (χ4n) is 2.81. The van der Waals surface area contributed by atoms with Crippen LogP contribution in [0.1, 0.15) is 16.8 Å². The van der Waals surface area contributed by atoms with Crippen molar-refractivity contribution in [2.75, 3.05) is 39.2 Å². The Hall–Kier alpha value is -2.15. The van der Waals surface area contributed by atoms with Crippen molar-refractivity contribution >= 4 is 44.2 Å². The third-order valence-corrected chi connectivity index (χ3v) is 5.51. The number of nitrogens with zero attached hydrogens (tertiary/aromatic N) is 3. The number of aromatic nitrogens is 1. The maximum atomic E-state index is 13.3. The number of halogens is 1. The molecule has 27 heavy (non-hydrogen) atoms. The van der Waals surface area contributed by atoms with Gasteiger partial charge in [-0.15, -0.1) is 0 Å². The summed E-state index contributed by atoms with van der Waals surface area (Å²) < 4.78 is 6.34. The summed E-state index contributed by atoms with van der Waals surface area (Å²) in [6, 6.07) is 12.9. The second-order valence-corrected chi connectivity index (χ2v) is 7.81. The molecule has 3 rings (SSSR count). The Labute approximate surface area is 168 Å². The van der Waals surface area contributed by atoms with Crippen molar-refractivity contribution in [1.29, 1.82) is 0 Å². The fourth-order valence-corrected chi connectivity index (χ4v) is 4.10. The molecular formula is C20H22ClN3O2S. The number of hydrogen-bond acceptors (Lipinski definition) is 5. The third kappa shape index (κ3) is 4.40. The number of para-hydroxylation sites is 2. The van der Waals surface area contributed by atoms with Gasteiger partial charge in [-0.05, 0) is 51.3 Å². The molecular weight excluding hydrogens is 382 g/mol. The first-order valence-electron chi connectivity index (χ1n) is 8.66. The Bertz CT molecular complexity index is 942. The van der Waals surface area contributed by atoms with E-state index in [-0.39, 0.29) is 5.91 Å². The van der Waals surface area contributed by atoms with Gasteiger partial charge in [0, 0.05) is 6.54 Å². The average molecular weight is 404 g/mol. The van der Waals surface area contributed by atoms with Crippen molar-refractivity contribution in [3.63, 3.8) is 0 Å². The number of amides is 1. The van der Waals surface area contributed by atoms with Gasteiger partial charge in [0.15, 0.2) is 5.13 Å². The van der Waals surface area contributed by atoms with Gasteiger partial charge in [0.05, 0.1) is 22.4 Å². The lowest BCUT2D eigenvalue weighted by molar-refractivity contribution is 0.0983. The zero-order chi connectivity index (χ0) is 19.4. The topological polar surface area (TPSA) is 45.7 Å². The Morgan fingerprint density at radius 1 is 1.15 bits per heavy atom. The highest BCUT2D eigenvalue weighted by atomic mass is 35.5. The first-order valence-corrected chi connectivity index (χ1v) is 9.85. The van der Waals surface area contributed by atoms with Crippen molar-refractivity contribution < 1.29 is 9.53 Å². The van der Waals surface area contributed by atoms with Gasteiger partial charge in [0.1, 0.15) is 11.3 Å². The summed E-state index contributed by atoms with van der Waals surface area (Å²) >= 11 is 7.75. The van der Waals surface area contributed by atoms with Crippen LogP contribution in [0.25, 0.3) is 10.2 Å². The Morgan fingerprint density at radius 3 is 2.63 bits per heavy atom. The van der Waals surface area contributed by atoms with E-state index in [1.807, 2.05) is 44.4 Å². The molecule has 0 unspecified atom stereocenters. The fraction of sp³-hybridized carbons (Fsp3) is 0.300. The number of rotatable bonds is 7. The van der Waals surface area contributed by atoms with Gasteiger partial charge in [0.25, 0.3) is 5.91 Å². The molecule has 0 aliphatic heterocycles. The predicted octanol–water partition coefficient (Wildman–Crippen LogP) is 4.56. The van der Waals surface area contributed by atoms with E-state index < -0.39 is 0 Å². The lowest BCUT2D eigenvalue weighted by Crippen LogP contribution is -2.33. The largest absolute Gasteiger partial charge is 0.496 e. The van der Waals surface area contributed by atoms with E-state index in [1.54, 1.807) is 24.1 Å². The molecule has 3 aromatic rings. The molecule has 0 aliphatic carbocycles. The summed E-state index contributed by atoms with van der Waals surface area (Å²) in [5, 5.41) is 1.24. The van der Waals surface area contributed by atoms with E-state index in [9.17, 15) is 4.79 Å². The molecule has 1 aromatic heterocycles.